The third-order valence-corrected chi connectivity index (χ3v) is 4.66. The van der Waals surface area contributed by atoms with Crippen LogP contribution in [0.1, 0.15) is 39.5 Å². The molecule has 0 aromatic rings. The van der Waals surface area contributed by atoms with Crippen molar-refractivity contribution < 1.29 is 9.59 Å². The molecule has 2 fully saturated rings. The van der Waals surface area contributed by atoms with Crippen LogP contribution in [-0.4, -0.2) is 55.1 Å². The monoisotopic (exact) mass is 296 g/mol. The van der Waals surface area contributed by atoms with E-state index in [0.717, 1.165) is 26.1 Å². The second-order valence-electron chi connectivity index (χ2n) is 6.12. The minimum atomic E-state index is -0.402. The average molecular weight is 296 g/mol. The maximum Gasteiger partial charge on any atom is 0.321 e. The highest BCUT2D eigenvalue weighted by Crippen LogP contribution is 2.25. The molecule has 3 atom stereocenters. The Bertz CT molecular complexity index is 369. The molecule has 0 aromatic carbocycles. The van der Waals surface area contributed by atoms with E-state index in [-0.39, 0.29) is 11.9 Å². The van der Waals surface area contributed by atoms with Crippen LogP contribution < -0.4 is 16.0 Å². The van der Waals surface area contributed by atoms with Gasteiger partial charge in [0.2, 0.25) is 5.91 Å². The SMILES string of the molecule is CCNC(=O)NC(=O)C(C)N1CCCC(C2CCCN2)C1. The Balaban J connectivity index is 1.84. The molecule has 0 saturated carbocycles. The van der Waals surface area contributed by atoms with Crippen molar-refractivity contribution in [3.05, 3.63) is 0 Å². The number of piperidine rings is 1. The summed E-state index contributed by atoms with van der Waals surface area (Å²) < 4.78 is 0. The van der Waals surface area contributed by atoms with Crippen molar-refractivity contribution >= 4 is 11.9 Å². The summed E-state index contributed by atoms with van der Waals surface area (Å²) >= 11 is 0. The molecule has 0 radical (unpaired) electrons. The third-order valence-electron chi connectivity index (χ3n) is 4.66. The molecule has 2 rings (SSSR count). The van der Waals surface area contributed by atoms with E-state index < -0.39 is 6.03 Å². The van der Waals surface area contributed by atoms with E-state index in [1.807, 2.05) is 13.8 Å². The summed E-state index contributed by atoms with van der Waals surface area (Å²) in [6.07, 6.45) is 4.87. The molecule has 2 aliphatic rings. The minimum Gasteiger partial charge on any atom is -0.338 e. The zero-order valence-electron chi connectivity index (χ0n) is 13.2. The topological polar surface area (TPSA) is 73.5 Å². The normalized spacial score (nSPS) is 28.1. The first kappa shape index (κ1) is 16.2. The van der Waals surface area contributed by atoms with Crippen LogP contribution in [0.3, 0.4) is 0 Å². The van der Waals surface area contributed by atoms with Gasteiger partial charge in [-0.2, -0.15) is 0 Å². The molecule has 0 aromatic heterocycles. The fourth-order valence-corrected chi connectivity index (χ4v) is 3.42. The van der Waals surface area contributed by atoms with E-state index in [9.17, 15) is 9.59 Å². The summed E-state index contributed by atoms with van der Waals surface area (Å²) in [4.78, 5) is 25.8. The van der Waals surface area contributed by atoms with Gasteiger partial charge < -0.3 is 10.6 Å². The van der Waals surface area contributed by atoms with E-state index in [4.69, 9.17) is 0 Å². The van der Waals surface area contributed by atoms with Crippen LogP contribution in [0.5, 0.6) is 0 Å². The zero-order valence-corrected chi connectivity index (χ0v) is 13.2. The number of carbonyl (C=O) groups excluding carboxylic acids is 2. The third kappa shape index (κ3) is 4.41. The number of amides is 3. The second-order valence-corrected chi connectivity index (χ2v) is 6.12. The number of urea groups is 1. The molecule has 6 nitrogen and oxygen atoms in total. The van der Waals surface area contributed by atoms with Crippen molar-refractivity contribution in [3.8, 4) is 0 Å². The van der Waals surface area contributed by atoms with Crippen molar-refractivity contribution in [1.82, 2.24) is 20.9 Å². The lowest BCUT2D eigenvalue weighted by Gasteiger charge is -2.38. The van der Waals surface area contributed by atoms with Gasteiger partial charge in [0.25, 0.3) is 0 Å². The first-order valence-electron chi connectivity index (χ1n) is 8.18. The summed E-state index contributed by atoms with van der Waals surface area (Å²) in [5.41, 5.74) is 0. The summed E-state index contributed by atoms with van der Waals surface area (Å²) in [6, 6.07) is -0.0522. The molecule has 3 amide bonds. The largest absolute Gasteiger partial charge is 0.338 e. The Morgan fingerprint density at radius 1 is 1.33 bits per heavy atom. The molecule has 120 valence electrons. The van der Waals surface area contributed by atoms with Gasteiger partial charge in [0.15, 0.2) is 0 Å². The van der Waals surface area contributed by atoms with Gasteiger partial charge in [-0.3, -0.25) is 15.0 Å². The molecule has 2 saturated heterocycles. The maximum absolute atomic E-state index is 12.1. The molecular formula is C15H28N4O2. The molecular weight excluding hydrogens is 268 g/mol. The number of nitrogens with zero attached hydrogens (tertiary/aromatic N) is 1. The molecule has 2 heterocycles. The fourth-order valence-electron chi connectivity index (χ4n) is 3.42. The van der Waals surface area contributed by atoms with Crippen LogP contribution in [0, 0.1) is 5.92 Å². The van der Waals surface area contributed by atoms with Gasteiger partial charge in [0, 0.05) is 19.1 Å². The van der Waals surface area contributed by atoms with Crippen LogP contribution in [0.4, 0.5) is 4.79 Å². The maximum atomic E-state index is 12.1. The van der Waals surface area contributed by atoms with E-state index in [2.05, 4.69) is 20.9 Å². The number of hydrogen-bond acceptors (Lipinski definition) is 4. The first-order valence-corrected chi connectivity index (χ1v) is 8.18. The summed E-state index contributed by atoms with van der Waals surface area (Å²) in [6.45, 7) is 7.24. The van der Waals surface area contributed by atoms with Crippen molar-refractivity contribution in [3.63, 3.8) is 0 Å². The molecule has 3 N–H and O–H groups in total. The Kier molecular flexibility index (Phi) is 5.99. The van der Waals surface area contributed by atoms with Gasteiger partial charge in [-0.05, 0) is 58.5 Å². The van der Waals surface area contributed by atoms with Gasteiger partial charge in [0.05, 0.1) is 6.04 Å². The van der Waals surface area contributed by atoms with E-state index in [1.165, 1.54) is 19.3 Å². The number of likely N-dealkylation sites (tertiary alicyclic amines) is 1. The lowest BCUT2D eigenvalue weighted by Crippen LogP contribution is -2.53. The van der Waals surface area contributed by atoms with Crippen LogP contribution in [0.2, 0.25) is 0 Å². The predicted octanol–water partition coefficient (Wildman–Crippen LogP) is 0.685. The van der Waals surface area contributed by atoms with Crippen LogP contribution in [0.25, 0.3) is 0 Å². The molecule has 0 aliphatic carbocycles. The van der Waals surface area contributed by atoms with Crippen molar-refractivity contribution in [2.75, 3.05) is 26.2 Å². The Labute approximate surface area is 127 Å². The average Bonchev–Trinajstić information content (AvgIpc) is 3.01. The highest BCUT2D eigenvalue weighted by Gasteiger charge is 2.32. The Hall–Kier alpha value is -1.14. The lowest BCUT2D eigenvalue weighted by atomic mass is 9.89. The first-order chi connectivity index (χ1) is 10.1. The number of nitrogens with one attached hydrogen (secondary N) is 3. The predicted molar refractivity (Wildman–Crippen MR) is 82.0 cm³/mol. The highest BCUT2D eigenvalue weighted by atomic mass is 16.2. The van der Waals surface area contributed by atoms with Gasteiger partial charge in [-0.1, -0.05) is 0 Å². The van der Waals surface area contributed by atoms with E-state index >= 15 is 0 Å². The number of carbonyl (C=O) groups is 2. The van der Waals surface area contributed by atoms with Crippen molar-refractivity contribution in [2.45, 2.75) is 51.6 Å². The van der Waals surface area contributed by atoms with E-state index in [1.54, 1.807) is 0 Å². The van der Waals surface area contributed by atoms with Gasteiger partial charge in [0.1, 0.15) is 0 Å². The van der Waals surface area contributed by atoms with Gasteiger partial charge in [-0.15, -0.1) is 0 Å². The zero-order chi connectivity index (χ0) is 15.2. The standard InChI is InChI=1S/C15H28N4O2/c1-3-16-15(21)18-14(20)11(2)19-9-5-6-12(10-19)13-7-4-8-17-13/h11-13,17H,3-10H2,1-2H3,(H2,16,18,20,21). The molecule has 0 spiro atoms. The molecule has 21 heavy (non-hydrogen) atoms. The van der Waals surface area contributed by atoms with Crippen molar-refractivity contribution in [2.24, 2.45) is 5.92 Å². The molecule has 2 aliphatic heterocycles. The van der Waals surface area contributed by atoms with Crippen molar-refractivity contribution in [1.29, 1.82) is 0 Å². The molecule has 0 bridgehead atoms. The minimum absolute atomic E-state index is 0.207. The highest BCUT2D eigenvalue weighted by molar-refractivity contribution is 5.96. The fraction of sp³-hybridized carbons (Fsp3) is 0.867. The van der Waals surface area contributed by atoms with Gasteiger partial charge in [-0.25, -0.2) is 4.79 Å². The smallest absolute Gasteiger partial charge is 0.321 e. The summed E-state index contributed by atoms with van der Waals surface area (Å²) in [5.74, 6) is 0.418. The number of hydrogen-bond donors (Lipinski definition) is 3. The van der Waals surface area contributed by atoms with Crippen LogP contribution in [-0.2, 0) is 4.79 Å². The Morgan fingerprint density at radius 2 is 2.14 bits per heavy atom. The second kappa shape index (κ2) is 7.75. The summed E-state index contributed by atoms with van der Waals surface area (Å²) in [7, 11) is 0. The van der Waals surface area contributed by atoms with Gasteiger partial charge >= 0.3 is 6.03 Å². The van der Waals surface area contributed by atoms with Crippen LogP contribution >= 0.6 is 0 Å². The summed E-state index contributed by atoms with van der Waals surface area (Å²) in [5, 5.41) is 8.58. The van der Waals surface area contributed by atoms with Crippen LogP contribution in [0.15, 0.2) is 0 Å². The quantitative estimate of drug-likeness (QED) is 0.713. The molecule has 3 unspecified atom stereocenters. The number of rotatable bonds is 4. The Morgan fingerprint density at radius 3 is 2.81 bits per heavy atom. The number of imide groups is 1. The van der Waals surface area contributed by atoms with E-state index in [0.29, 0.717) is 18.5 Å². The molecule has 6 heteroatoms. The lowest BCUT2D eigenvalue weighted by molar-refractivity contribution is -0.125.